The van der Waals surface area contributed by atoms with Gasteiger partial charge in [-0.1, -0.05) is 6.92 Å². The molecule has 2 nitrogen and oxygen atoms in total. The molecule has 1 aliphatic heterocycles. The van der Waals surface area contributed by atoms with Crippen molar-refractivity contribution >= 4 is 17.6 Å². The highest BCUT2D eigenvalue weighted by atomic mass is 32.2. The molecular formula is C7H14N2S. The van der Waals surface area contributed by atoms with Crippen molar-refractivity contribution in [2.45, 2.75) is 13.3 Å². The van der Waals surface area contributed by atoms with E-state index in [2.05, 4.69) is 17.2 Å². The van der Waals surface area contributed by atoms with Crippen LogP contribution in [0.15, 0.2) is 4.99 Å². The van der Waals surface area contributed by atoms with Gasteiger partial charge in [0.05, 0.1) is 12.3 Å². The lowest BCUT2D eigenvalue weighted by Crippen LogP contribution is -2.20. The lowest BCUT2D eigenvalue weighted by atomic mass is 10.6. The van der Waals surface area contributed by atoms with Crippen LogP contribution in [0.5, 0.6) is 0 Å². The molecule has 0 aromatic rings. The fraction of sp³-hybridized carbons (Fsp3) is 0.857. The van der Waals surface area contributed by atoms with Crippen molar-refractivity contribution in [3.8, 4) is 0 Å². The zero-order valence-electron chi connectivity index (χ0n) is 6.39. The molecule has 0 aromatic carbocycles. The number of aliphatic imine (C=N–C) groups is 1. The molecule has 10 heavy (non-hydrogen) atoms. The minimum atomic E-state index is 0.974. The highest BCUT2D eigenvalue weighted by molar-refractivity contribution is 7.99. The highest BCUT2D eigenvalue weighted by Crippen LogP contribution is 2.02. The fourth-order valence-corrected chi connectivity index (χ4v) is 1.68. The van der Waals surface area contributed by atoms with E-state index in [1.165, 1.54) is 18.0 Å². The van der Waals surface area contributed by atoms with Crippen LogP contribution >= 0.6 is 11.8 Å². The van der Waals surface area contributed by atoms with Crippen LogP contribution in [0.2, 0.25) is 0 Å². The maximum absolute atomic E-state index is 4.29. The normalized spacial score (nSPS) is 16.7. The lowest BCUT2D eigenvalue weighted by Gasteiger charge is -1.99. The Morgan fingerprint density at radius 2 is 2.60 bits per heavy atom. The fourth-order valence-electron chi connectivity index (χ4n) is 0.857. The summed E-state index contributed by atoms with van der Waals surface area (Å²) in [6.45, 7) is 4.22. The average molecular weight is 158 g/mol. The Labute approximate surface area is 66.5 Å². The SMILES string of the molecule is CCCSCC1=NCCN1. The number of amidine groups is 1. The topological polar surface area (TPSA) is 24.4 Å². The van der Waals surface area contributed by atoms with Gasteiger partial charge >= 0.3 is 0 Å². The van der Waals surface area contributed by atoms with Gasteiger partial charge in [0.15, 0.2) is 0 Å². The second kappa shape index (κ2) is 4.61. The Hall–Kier alpha value is -0.180. The van der Waals surface area contributed by atoms with E-state index >= 15 is 0 Å². The molecule has 1 aliphatic rings. The Kier molecular flexibility index (Phi) is 3.65. The summed E-state index contributed by atoms with van der Waals surface area (Å²) in [5, 5.41) is 3.24. The molecule has 0 aliphatic carbocycles. The molecule has 0 radical (unpaired) electrons. The van der Waals surface area contributed by atoms with E-state index in [0.717, 1.165) is 18.8 Å². The van der Waals surface area contributed by atoms with E-state index in [0.29, 0.717) is 0 Å². The lowest BCUT2D eigenvalue weighted by molar-refractivity contribution is 0.959. The van der Waals surface area contributed by atoms with Gasteiger partial charge in [-0.3, -0.25) is 4.99 Å². The zero-order chi connectivity index (χ0) is 7.23. The zero-order valence-corrected chi connectivity index (χ0v) is 7.21. The minimum Gasteiger partial charge on any atom is -0.371 e. The summed E-state index contributed by atoms with van der Waals surface area (Å²) in [7, 11) is 0. The molecule has 0 amide bonds. The monoisotopic (exact) mass is 158 g/mol. The third-order valence-corrected chi connectivity index (χ3v) is 2.51. The van der Waals surface area contributed by atoms with Crippen LogP contribution in [0, 0.1) is 0 Å². The molecule has 0 aromatic heterocycles. The van der Waals surface area contributed by atoms with Gasteiger partial charge in [0.1, 0.15) is 5.84 Å². The molecule has 0 atom stereocenters. The molecule has 3 heteroatoms. The van der Waals surface area contributed by atoms with Crippen LogP contribution < -0.4 is 5.32 Å². The Morgan fingerprint density at radius 1 is 1.70 bits per heavy atom. The van der Waals surface area contributed by atoms with Gasteiger partial charge in [-0.2, -0.15) is 11.8 Å². The summed E-state index contributed by atoms with van der Waals surface area (Å²) < 4.78 is 0. The molecule has 0 spiro atoms. The quantitative estimate of drug-likeness (QED) is 0.620. The molecule has 0 saturated heterocycles. The first-order valence-corrected chi connectivity index (χ1v) is 4.94. The number of hydrogen-bond acceptors (Lipinski definition) is 3. The van der Waals surface area contributed by atoms with E-state index < -0.39 is 0 Å². The van der Waals surface area contributed by atoms with Gasteiger partial charge in [-0.05, 0) is 12.2 Å². The predicted molar refractivity (Wildman–Crippen MR) is 47.9 cm³/mol. The number of nitrogens with zero attached hydrogens (tertiary/aromatic N) is 1. The van der Waals surface area contributed by atoms with Gasteiger partial charge in [-0.15, -0.1) is 0 Å². The summed E-state index contributed by atoms with van der Waals surface area (Å²) in [6, 6.07) is 0. The standard InChI is InChI=1S/C7H14N2S/c1-2-5-10-6-7-8-3-4-9-7/h2-6H2,1H3,(H,8,9). The Balaban J connectivity index is 2.01. The molecule has 0 unspecified atom stereocenters. The van der Waals surface area contributed by atoms with Crippen molar-refractivity contribution in [3.05, 3.63) is 0 Å². The molecule has 0 saturated carbocycles. The first kappa shape index (κ1) is 7.92. The maximum Gasteiger partial charge on any atom is 0.106 e. The highest BCUT2D eigenvalue weighted by Gasteiger charge is 2.02. The van der Waals surface area contributed by atoms with Gasteiger partial charge in [0.2, 0.25) is 0 Å². The Bertz CT molecular complexity index is 123. The van der Waals surface area contributed by atoms with E-state index in [4.69, 9.17) is 0 Å². The number of nitrogens with one attached hydrogen (secondary N) is 1. The van der Waals surface area contributed by atoms with Gasteiger partial charge in [0, 0.05) is 6.54 Å². The van der Waals surface area contributed by atoms with Crippen LogP contribution in [0.3, 0.4) is 0 Å². The summed E-state index contributed by atoms with van der Waals surface area (Å²) >= 11 is 1.96. The van der Waals surface area contributed by atoms with Crippen LogP contribution in [-0.2, 0) is 0 Å². The van der Waals surface area contributed by atoms with E-state index in [1.807, 2.05) is 11.8 Å². The third-order valence-electron chi connectivity index (χ3n) is 1.33. The summed E-state index contributed by atoms with van der Waals surface area (Å²) in [5.41, 5.74) is 0. The first-order chi connectivity index (χ1) is 4.93. The second-order valence-corrected chi connectivity index (χ2v) is 3.41. The maximum atomic E-state index is 4.29. The van der Waals surface area contributed by atoms with Gasteiger partial charge in [0.25, 0.3) is 0 Å². The smallest absolute Gasteiger partial charge is 0.106 e. The van der Waals surface area contributed by atoms with E-state index in [9.17, 15) is 0 Å². The van der Waals surface area contributed by atoms with Crippen molar-refractivity contribution in [1.29, 1.82) is 0 Å². The third kappa shape index (κ3) is 2.60. The minimum absolute atomic E-state index is 0.974. The van der Waals surface area contributed by atoms with Crippen LogP contribution in [0.1, 0.15) is 13.3 Å². The molecular weight excluding hydrogens is 144 g/mol. The average Bonchev–Trinajstić information content (AvgIpc) is 2.41. The summed E-state index contributed by atoms with van der Waals surface area (Å²) in [5.74, 6) is 3.52. The van der Waals surface area contributed by atoms with Crippen LogP contribution in [0.25, 0.3) is 0 Å². The molecule has 0 bridgehead atoms. The molecule has 1 heterocycles. The number of rotatable bonds is 4. The van der Waals surface area contributed by atoms with E-state index in [-0.39, 0.29) is 0 Å². The number of hydrogen-bond donors (Lipinski definition) is 1. The van der Waals surface area contributed by atoms with E-state index in [1.54, 1.807) is 0 Å². The second-order valence-electron chi connectivity index (χ2n) is 2.31. The largest absolute Gasteiger partial charge is 0.371 e. The van der Waals surface area contributed by atoms with Gasteiger partial charge < -0.3 is 5.32 Å². The van der Waals surface area contributed by atoms with Crippen molar-refractivity contribution in [2.75, 3.05) is 24.6 Å². The molecule has 1 N–H and O–H groups in total. The molecule has 1 rings (SSSR count). The van der Waals surface area contributed by atoms with Gasteiger partial charge in [-0.25, -0.2) is 0 Å². The Morgan fingerprint density at radius 3 is 3.20 bits per heavy atom. The summed E-state index contributed by atoms with van der Waals surface area (Å²) in [6.07, 6.45) is 1.26. The predicted octanol–water partition coefficient (Wildman–Crippen LogP) is 1.13. The van der Waals surface area contributed by atoms with Crippen LogP contribution in [-0.4, -0.2) is 30.4 Å². The van der Waals surface area contributed by atoms with Crippen molar-refractivity contribution < 1.29 is 0 Å². The van der Waals surface area contributed by atoms with Crippen molar-refractivity contribution in [3.63, 3.8) is 0 Å². The van der Waals surface area contributed by atoms with Crippen molar-refractivity contribution in [2.24, 2.45) is 4.99 Å². The summed E-state index contributed by atoms with van der Waals surface area (Å²) in [4.78, 5) is 4.29. The van der Waals surface area contributed by atoms with Crippen molar-refractivity contribution in [1.82, 2.24) is 5.32 Å². The molecule has 0 fully saturated rings. The molecule has 58 valence electrons. The number of thioether (sulfide) groups is 1. The first-order valence-electron chi connectivity index (χ1n) is 3.78. The van der Waals surface area contributed by atoms with Crippen LogP contribution in [0.4, 0.5) is 0 Å².